The van der Waals surface area contributed by atoms with Gasteiger partial charge in [-0.3, -0.25) is 0 Å². The highest BCUT2D eigenvalue weighted by Crippen LogP contribution is 2.30. The van der Waals surface area contributed by atoms with Gasteiger partial charge in [0.15, 0.2) is 0 Å². The fourth-order valence-electron chi connectivity index (χ4n) is 3.36. The highest BCUT2D eigenvalue weighted by atomic mass is 15.3. The molecule has 1 aromatic heterocycles. The topological polar surface area (TPSA) is 33.1 Å². The number of nitrogens with zero attached hydrogens (tertiary/aromatic N) is 3. The highest BCUT2D eigenvalue weighted by molar-refractivity contribution is 5.30. The Kier molecular flexibility index (Phi) is 5.46. The second kappa shape index (κ2) is 7.11. The predicted octanol–water partition coefficient (Wildman–Crippen LogP) is 2.79. The highest BCUT2D eigenvalue weighted by Gasteiger charge is 2.18. The maximum Gasteiger partial charge on any atom is 0.204 e. The van der Waals surface area contributed by atoms with Crippen LogP contribution in [0.15, 0.2) is 6.20 Å². The van der Waals surface area contributed by atoms with E-state index in [1.165, 1.54) is 37.8 Å². The fourth-order valence-corrected chi connectivity index (χ4v) is 3.36. The molecule has 1 fully saturated rings. The van der Waals surface area contributed by atoms with Crippen LogP contribution in [0.25, 0.3) is 0 Å². The molecule has 2 atom stereocenters. The molecule has 0 bridgehead atoms. The minimum Gasteiger partial charge on any atom is -0.348 e. The lowest BCUT2D eigenvalue weighted by Gasteiger charge is -2.26. The second-order valence-electron chi connectivity index (χ2n) is 6.61. The Morgan fingerprint density at radius 1 is 1.40 bits per heavy atom. The van der Waals surface area contributed by atoms with Crippen molar-refractivity contribution >= 4 is 5.95 Å². The standard InChI is InChI=1S/C16H30N4/c1-13-6-5-7-14(10-13)8-9-17-11-15-12-18-16(19(2)3)20(15)4/h12-14,17H,5-11H2,1-4H3. The minimum atomic E-state index is 0.916. The summed E-state index contributed by atoms with van der Waals surface area (Å²) < 4.78 is 2.16. The zero-order valence-electron chi connectivity index (χ0n) is 13.5. The Morgan fingerprint density at radius 2 is 2.20 bits per heavy atom. The van der Waals surface area contributed by atoms with Crippen molar-refractivity contribution in [2.24, 2.45) is 18.9 Å². The Morgan fingerprint density at radius 3 is 2.85 bits per heavy atom. The number of imidazole rings is 1. The van der Waals surface area contributed by atoms with E-state index >= 15 is 0 Å². The van der Waals surface area contributed by atoms with Gasteiger partial charge in [-0.2, -0.15) is 0 Å². The van der Waals surface area contributed by atoms with E-state index in [-0.39, 0.29) is 0 Å². The van der Waals surface area contributed by atoms with Crippen LogP contribution in [0.5, 0.6) is 0 Å². The number of hydrogen-bond donors (Lipinski definition) is 1. The van der Waals surface area contributed by atoms with Crippen LogP contribution in [0.4, 0.5) is 5.95 Å². The van der Waals surface area contributed by atoms with Crippen molar-refractivity contribution in [3.8, 4) is 0 Å². The Labute approximate surface area is 123 Å². The lowest BCUT2D eigenvalue weighted by Crippen LogP contribution is -2.22. The molecule has 1 aromatic rings. The first-order valence-corrected chi connectivity index (χ1v) is 7.96. The van der Waals surface area contributed by atoms with Crippen molar-refractivity contribution in [2.45, 2.75) is 45.6 Å². The molecule has 0 aromatic carbocycles. The molecule has 4 heteroatoms. The Hall–Kier alpha value is -1.03. The molecule has 0 amide bonds. The van der Waals surface area contributed by atoms with E-state index in [1.54, 1.807) is 0 Å². The van der Waals surface area contributed by atoms with Gasteiger partial charge in [0.05, 0.1) is 11.9 Å². The molecule has 2 unspecified atom stereocenters. The van der Waals surface area contributed by atoms with Crippen molar-refractivity contribution in [3.05, 3.63) is 11.9 Å². The minimum absolute atomic E-state index is 0.916. The van der Waals surface area contributed by atoms with E-state index < -0.39 is 0 Å². The summed E-state index contributed by atoms with van der Waals surface area (Å²) in [7, 11) is 6.15. The van der Waals surface area contributed by atoms with Crippen LogP contribution in [0.2, 0.25) is 0 Å². The molecule has 1 saturated carbocycles. The molecular weight excluding hydrogens is 248 g/mol. The van der Waals surface area contributed by atoms with E-state index in [2.05, 4.69) is 28.8 Å². The average Bonchev–Trinajstić information content (AvgIpc) is 2.76. The molecule has 0 spiro atoms. The van der Waals surface area contributed by atoms with Crippen LogP contribution >= 0.6 is 0 Å². The number of rotatable bonds is 6. The van der Waals surface area contributed by atoms with Gasteiger partial charge in [-0.05, 0) is 31.2 Å². The van der Waals surface area contributed by atoms with E-state index in [0.29, 0.717) is 0 Å². The monoisotopic (exact) mass is 278 g/mol. The molecule has 1 N–H and O–H groups in total. The van der Waals surface area contributed by atoms with Crippen molar-refractivity contribution in [1.29, 1.82) is 0 Å². The second-order valence-corrected chi connectivity index (χ2v) is 6.61. The maximum absolute atomic E-state index is 4.44. The van der Waals surface area contributed by atoms with Gasteiger partial charge in [0.2, 0.25) is 5.95 Å². The molecule has 20 heavy (non-hydrogen) atoms. The summed E-state index contributed by atoms with van der Waals surface area (Å²) in [6, 6.07) is 0. The predicted molar refractivity (Wildman–Crippen MR) is 85.0 cm³/mol. The largest absolute Gasteiger partial charge is 0.348 e. The average molecular weight is 278 g/mol. The number of hydrogen-bond acceptors (Lipinski definition) is 3. The SMILES string of the molecule is CC1CCCC(CCNCc2cnc(N(C)C)n2C)C1. The van der Waals surface area contributed by atoms with E-state index in [4.69, 9.17) is 0 Å². The molecule has 1 aliphatic carbocycles. The van der Waals surface area contributed by atoms with Gasteiger partial charge in [-0.15, -0.1) is 0 Å². The smallest absolute Gasteiger partial charge is 0.204 e. The summed E-state index contributed by atoms with van der Waals surface area (Å²) >= 11 is 0. The Balaban J connectivity index is 1.71. The first kappa shape index (κ1) is 15.4. The van der Waals surface area contributed by atoms with Crippen LogP contribution in [0.1, 0.15) is 44.7 Å². The van der Waals surface area contributed by atoms with Gasteiger partial charge in [0.1, 0.15) is 0 Å². The normalized spacial score (nSPS) is 23.0. The van der Waals surface area contributed by atoms with Gasteiger partial charge in [-0.1, -0.05) is 26.2 Å². The zero-order valence-corrected chi connectivity index (χ0v) is 13.5. The van der Waals surface area contributed by atoms with E-state index in [0.717, 1.165) is 30.9 Å². The molecule has 1 heterocycles. The van der Waals surface area contributed by atoms with Crippen molar-refractivity contribution in [1.82, 2.24) is 14.9 Å². The molecular formula is C16H30N4. The molecule has 0 aliphatic heterocycles. The summed E-state index contributed by atoms with van der Waals surface area (Å²) in [5.74, 6) is 2.89. The molecule has 2 rings (SSSR count). The van der Waals surface area contributed by atoms with Crippen molar-refractivity contribution in [2.75, 3.05) is 25.5 Å². The quantitative estimate of drug-likeness (QED) is 0.812. The van der Waals surface area contributed by atoms with Crippen molar-refractivity contribution < 1.29 is 0 Å². The zero-order chi connectivity index (χ0) is 14.5. The van der Waals surface area contributed by atoms with Gasteiger partial charge >= 0.3 is 0 Å². The summed E-state index contributed by atoms with van der Waals surface area (Å²) in [4.78, 5) is 6.49. The number of anilines is 1. The molecule has 0 radical (unpaired) electrons. The third kappa shape index (κ3) is 3.98. The summed E-state index contributed by atoms with van der Waals surface area (Å²) in [5, 5.41) is 3.58. The molecule has 4 nitrogen and oxygen atoms in total. The summed E-state index contributed by atoms with van der Waals surface area (Å²) in [6.45, 7) is 4.44. The van der Waals surface area contributed by atoms with Gasteiger partial charge in [0.25, 0.3) is 0 Å². The van der Waals surface area contributed by atoms with Crippen LogP contribution < -0.4 is 10.2 Å². The lowest BCUT2D eigenvalue weighted by atomic mass is 9.81. The van der Waals surface area contributed by atoms with Gasteiger partial charge in [-0.25, -0.2) is 4.98 Å². The van der Waals surface area contributed by atoms with Crippen LogP contribution in [-0.2, 0) is 13.6 Å². The lowest BCUT2D eigenvalue weighted by molar-refractivity contribution is 0.267. The van der Waals surface area contributed by atoms with E-state index in [9.17, 15) is 0 Å². The Bertz CT molecular complexity index is 411. The first-order valence-electron chi connectivity index (χ1n) is 7.96. The van der Waals surface area contributed by atoms with Crippen LogP contribution in [-0.4, -0.2) is 30.2 Å². The molecule has 1 aliphatic rings. The van der Waals surface area contributed by atoms with Crippen LogP contribution in [0.3, 0.4) is 0 Å². The number of aromatic nitrogens is 2. The van der Waals surface area contributed by atoms with Gasteiger partial charge < -0.3 is 14.8 Å². The van der Waals surface area contributed by atoms with Crippen molar-refractivity contribution in [3.63, 3.8) is 0 Å². The number of nitrogens with one attached hydrogen (secondary N) is 1. The summed E-state index contributed by atoms with van der Waals surface area (Å²) in [5.41, 5.74) is 1.26. The van der Waals surface area contributed by atoms with Gasteiger partial charge in [0, 0.05) is 27.7 Å². The third-order valence-corrected chi connectivity index (χ3v) is 4.54. The maximum atomic E-state index is 4.44. The van der Waals surface area contributed by atoms with Crippen LogP contribution in [0, 0.1) is 11.8 Å². The summed E-state index contributed by atoms with van der Waals surface area (Å²) in [6.07, 6.45) is 9.03. The fraction of sp³-hybridized carbons (Fsp3) is 0.812. The molecule has 114 valence electrons. The molecule has 0 saturated heterocycles. The van der Waals surface area contributed by atoms with E-state index in [1.807, 2.05) is 25.2 Å². The third-order valence-electron chi connectivity index (χ3n) is 4.54. The first-order chi connectivity index (χ1) is 9.58.